The van der Waals surface area contributed by atoms with E-state index in [0.717, 1.165) is 87.9 Å². The number of benzene rings is 3. The number of piperidine rings is 1. The Morgan fingerprint density at radius 2 is 1.48 bits per heavy atom. The van der Waals surface area contributed by atoms with Gasteiger partial charge in [0.2, 0.25) is 11.8 Å². The highest BCUT2D eigenvalue weighted by Crippen LogP contribution is 2.45. The second-order valence-electron chi connectivity index (χ2n) is 16.3. The summed E-state index contributed by atoms with van der Waals surface area (Å²) in [6, 6.07) is 20.0. The van der Waals surface area contributed by atoms with E-state index in [9.17, 15) is 19.2 Å². The van der Waals surface area contributed by atoms with E-state index < -0.39 is 24.3 Å². The molecule has 0 spiro atoms. The first-order chi connectivity index (χ1) is 28.0. The molecule has 302 valence electrons. The molecule has 1 aromatic heterocycles. The summed E-state index contributed by atoms with van der Waals surface area (Å²) in [5.74, 6) is 0.807. The van der Waals surface area contributed by atoms with E-state index >= 15 is 0 Å². The minimum atomic E-state index is -0.702. The van der Waals surface area contributed by atoms with Gasteiger partial charge in [0.05, 0.1) is 38.2 Å². The van der Waals surface area contributed by atoms with Crippen molar-refractivity contribution in [1.29, 1.82) is 0 Å². The molecule has 6 atom stereocenters. The van der Waals surface area contributed by atoms with Crippen LogP contribution < -0.4 is 10.6 Å². The van der Waals surface area contributed by atoms with Gasteiger partial charge in [-0.15, -0.1) is 0 Å². The number of likely N-dealkylation sites (tertiary alicyclic amines) is 2. The number of hydrogen-bond donors (Lipinski definition) is 3. The SMILES string of the molecule is COC(=O)N[C@@H](C)C(=O)N1CCC[C@H]1c1ncc(-c2ccc(-c3ccc4cc(C5=CN=C([C@@H]6[C@H]7CC[C@H](C7)N6C(=O)[C@@H](NC(=O)OC)C(C)C)C5)ccc4c3)cc2)[nH]1. The smallest absolute Gasteiger partial charge is 0.407 e. The summed E-state index contributed by atoms with van der Waals surface area (Å²) in [5.41, 5.74) is 7.35. The number of aliphatic imine (C=N–C) groups is 1. The lowest BCUT2D eigenvalue weighted by molar-refractivity contribution is -0.137. The highest BCUT2D eigenvalue weighted by atomic mass is 16.5. The molecule has 0 radical (unpaired) electrons. The fourth-order valence-corrected chi connectivity index (χ4v) is 9.38. The second kappa shape index (κ2) is 16.1. The molecule has 3 aliphatic heterocycles. The molecule has 0 unspecified atom stereocenters. The fourth-order valence-electron chi connectivity index (χ4n) is 9.38. The van der Waals surface area contributed by atoms with Gasteiger partial charge in [-0.3, -0.25) is 14.6 Å². The van der Waals surface area contributed by atoms with E-state index in [1.807, 2.05) is 31.1 Å². The van der Waals surface area contributed by atoms with Gasteiger partial charge in [0.25, 0.3) is 0 Å². The molecule has 4 amide bonds. The standard InChI is InChI=1S/C45H51N7O6/c1-25(2)39(50-45(56)58-5)43(54)52-35-17-16-33(21-35)40(52)36-22-34(23-46-36)32-15-14-30-19-29(12-13-31(30)20-32)27-8-10-28(11-9-27)37-24-47-41(49-37)38-7-6-18-51(38)42(53)26(3)48-44(55)57-4/h8-15,19-20,23-26,33,35,38-40H,6-7,16-18,21-22H2,1-5H3,(H,47,49)(H,48,55)(H,50,56)/t26-,33-,35+,38-,39-,40-/m0/s1. The molecule has 2 bridgehead atoms. The first-order valence-corrected chi connectivity index (χ1v) is 20.3. The summed E-state index contributed by atoms with van der Waals surface area (Å²) in [7, 11) is 2.59. The minimum Gasteiger partial charge on any atom is -0.453 e. The van der Waals surface area contributed by atoms with Crippen molar-refractivity contribution < 1.29 is 28.7 Å². The van der Waals surface area contributed by atoms with Gasteiger partial charge >= 0.3 is 12.2 Å². The van der Waals surface area contributed by atoms with Crippen LogP contribution in [0, 0.1) is 11.8 Å². The molecule has 3 fully saturated rings. The van der Waals surface area contributed by atoms with Gasteiger partial charge in [0.1, 0.15) is 17.9 Å². The van der Waals surface area contributed by atoms with Crippen molar-refractivity contribution in [2.24, 2.45) is 16.8 Å². The zero-order chi connectivity index (χ0) is 40.7. The molecule has 4 heterocycles. The predicted molar refractivity (Wildman–Crippen MR) is 222 cm³/mol. The molecule has 3 aromatic carbocycles. The number of amides is 4. The number of allylic oxidation sites excluding steroid dienone is 1. The molecule has 58 heavy (non-hydrogen) atoms. The Balaban J connectivity index is 0.924. The third-order valence-corrected chi connectivity index (χ3v) is 12.4. The quantitative estimate of drug-likeness (QED) is 0.153. The average Bonchev–Trinajstić information content (AvgIpc) is 4.10. The number of ether oxygens (including phenoxy) is 2. The van der Waals surface area contributed by atoms with Crippen LogP contribution in [0.15, 0.2) is 78.1 Å². The summed E-state index contributed by atoms with van der Waals surface area (Å²) < 4.78 is 9.50. The van der Waals surface area contributed by atoms with Crippen molar-refractivity contribution in [2.75, 3.05) is 20.8 Å². The van der Waals surface area contributed by atoms with Gasteiger partial charge in [0, 0.05) is 30.9 Å². The van der Waals surface area contributed by atoms with Gasteiger partial charge < -0.3 is 34.9 Å². The number of H-pyrrole nitrogens is 1. The molecule has 2 saturated heterocycles. The topological polar surface area (TPSA) is 158 Å². The van der Waals surface area contributed by atoms with Crippen LogP contribution in [0.1, 0.15) is 76.7 Å². The predicted octanol–water partition coefficient (Wildman–Crippen LogP) is 7.25. The number of fused-ring (bicyclic) bond motifs is 3. The van der Waals surface area contributed by atoms with Crippen LogP contribution in [0.25, 0.3) is 38.7 Å². The lowest BCUT2D eigenvalue weighted by atomic mass is 9.89. The normalized spacial score (nSPS) is 22.2. The minimum absolute atomic E-state index is 0.0518. The number of alkyl carbamates (subject to hydrolysis) is 2. The maximum Gasteiger partial charge on any atom is 0.407 e. The molecule has 8 rings (SSSR count). The molecule has 4 aromatic rings. The Labute approximate surface area is 338 Å². The van der Waals surface area contributed by atoms with E-state index in [0.29, 0.717) is 18.9 Å². The highest BCUT2D eigenvalue weighted by Gasteiger charge is 2.52. The summed E-state index contributed by atoms with van der Waals surface area (Å²) in [5, 5.41) is 7.62. The van der Waals surface area contributed by atoms with Crippen molar-refractivity contribution in [2.45, 2.75) is 89.5 Å². The van der Waals surface area contributed by atoms with Gasteiger partial charge in [-0.05, 0) is 102 Å². The van der Waals surface area contributed by atoms with Crippen LogP contribution in [-0.4, -0.2) is 94.4 Å². The zero-order valence-electron chi connectivity index (χ0n) is 33.7. The van der Waals surface area contributed by atoms with E-state index in [1.54, 1.807) is 11.8 Å². The number of aromatic amines is 1. The van der Waals surface area contributed by atoms with Crippen molar-refractivity contribution in [1.82, 2.24) is 30.4 Å². The molecule has 1 saturated carbocycles. The number of carbonyl (C=O) groups excluding carboxylic acids is 4. The van der Waals surface area contributed by atoms with Crippen molar-refractivity contribution in [3.63, 3.8) is 0 Å². The number of methoxy groups -OCH3 is 2. The number of hydrogen-bond acceptors (Lipinski definition) is 8. The molecule has 1 aliphatic carbocycles. The molecular weight excluding hydrogens is 735 g/mol. The maximum atomic E-state index is 14.0. The maximum absolute atomic E-state index is 14.0. The number of rotatable bonds is 10. The number of imidazole rings is 1. The van der Waals surface area contributed by atoms with Gasteiger partial charge in [-0.1, -0.05) is 62.4 Å². The second-order valence-corrected chi connectivity index (χ2v) is 16.3. The lowest BCUT2D eigenvalue weighted by Crippen LogP contribution is -2.57. The number of carbonyl (C=O) groups is 4. The van der Waals surface area contributed by atoms with Gasteiger partial charge in [-0.2, -0.15) is 0 Å². The molecule has 13 nitrogen and oxygen atoms in total. The first kappa shape index (κ1) is 38.9. The highest BCUT2D eigenvalue weighted by molar-refractivity contribution is 6.05. The zero-order valence-corrected chi connectivity index (χ0v) is 33.7. The van der Waals surface area contributed by atoms with Crippen LogP contribution in [0.5, 0.6) is 0 Å². The largest absolute Gasteiger partial charge is 0.453 e. The fraction of sp³-hybridized carbons (Fsp3) is 0.422. The van der Waals surface area contributed by atoms with Crippen molar-refractivity contribution >= 4 is 46.1 Å². The molecule has 4 aliphatic rings. The van der Waals surface area contributed by atoms with Crippen LogP contribution in [0.3, 0.4) is 0 Å². The van der Waals surface area contributed by atoms with Gasteiger partial charge in [0.15, 0.2) is 0 Å². The van der Waals surface area contributed by atoms with E-state index in [-0.39, 0.29) is 35.9 Å². The van der Waals surface area contributed by atoms with Crippen LogP contribution in [0.4, 0.5) is 9.59 Å². The van der Waals surface area contributed by atoms with Gasteiger partial charge in [-0.25, -0.2) is 14.6 Å². The number of nitrogens with zero attached hydrogens (tertiary/aromatic N) is 4. The summed E-state index contributed by atoms with van der Waals surface area (Å²) in [6.07, 6.45) is 7.91. The average molecular weight is 786 g/mol. The van der Waals surface area contributed by atoms with Crippen LogP contribution >= 0.6 is 0 Å². The molecular formula is C45H51N7O6. The Morgan fingerprint density at radius 1 is 0.810 bits per heavy atom. The summed E-state index contributed by atoms with van der Waals surface area (Å²) in [4.78, 5) is 67.8. The Hall–Kier alpha value is -5.98. The monoisotopic (exact) mass is 785 g/mol. The van der Waals surface area contributed by atoms with Crippen molar-refractivity contribution in [3.8, 4) is 22.4 Å². The number of nitrogens with one attached hydrogen (secondary N) is 3. The first-order valence-electron chi connectivity index (χ1n) is 20.3. The van der Waals surface area contributed by atoms with Crippen LogP contribution in [-0.2, 0) is 19.1 Å². The van der Waals surface area contributed by atoms with Crippen LogP contribution in [0.2, 0.25) is 0 Å². The van der Waals surface area contributed by atoms with E-state index in [2.05, 4.69) is 86.0 Å². The third kappa shape index (κ3) is 7.45. The van der Waals surface area contributed by atoms with E-state index in [4.69, 9.17) is 9.73 Å². The van der Waals surface area contributed by atoms with E-state index in [1.165, 1.54) is 14.2 Å². The summed E-state index contributed by atoms with van der Waals surface area (Å²) in [6.45, 7) is 6.15. The van der Waals surface area contributed by atoms with Crippen molar-refractivity contribution in [3.05, 3.63) is 84.4 Å². The number of aromatic nitrogens is 2. The Bertz CT molecular complexity index is 2300. The molecule has 3 N–H and O–H groups in total. The molecule has 13 heteroatoms. The Morgan fingerprint density at radius 3 is 2.21 bits per heavy atom. The third-order valence-electron chi connectivity index (χ3n) is 12.4. The Kier molecular flexibility index (Phi) is 10.8. The lowest BCUT2D eigenvalue weighted by Gasteiger charge is -2.38. The summed E-state index contributed by atoms with van der Waals surface area (Å²) >= 11 is 0.